The lowest BCUT2D eigenvalue weighted by Crippen LogP contribution is -2.25. The molecular weight excluding hydrogens is 504 g/mol. The van der Waals surface area contributed by atoms with E-state index in [-0.39, 0.29) is 11.5 Å². The molecule has 0 unspecified atom stereocenters. The summed E-state index contributed by atoms with van der Waals surface area (Å²) >= 11 is 7.99. The molecule has 3 aromatic carbocycles. The Labute approximate surface area is 228 Å². The molecule has 0 radical (unpaired) electrons. The molecule has 37 heavy (non-hydrogen) atoms. The van der Waals surface area contributed by atoms with E-state index >= 15 is 0 Å². The van der Waals surface area contributed by atoms with Crippen molar-refractivity contribution in [3.8, 4) is 0 Å². The molecule has 3 aromatic rings. The van der Waals surface area contributed by atoms with Gasteiger partial charge in [-0.05, 0) is 61.5 Å². The topological polar surface area (TPSA) is 73.8 Å². The third kappa shape index (κ3) is 9.04. The quantitative estimate of drug-likeness (QED) is 0.163. The zero-order valence-corrected chi connectivity index (χ0v) is 23.0. The molecule has 0 heterocycles. The van der Waals surface area contributed by atoms with Crippen molar-refractivity contribution in [1.82, 2.24) is 10.3 Å². The fourth-order valence-electron chi connectivity index (χ4n) is 3.61. The van der Waals surface area contributed by atoms with Gasteiger partial charge in [0.15, 0.2) is 0 Å². The van der Waals surface area contributed by atoms with E-state index in [1.54, 1.807) is 24.4 Å². The third-order valence-corrected chi connectivity index (χ3v) is 7.08. The molecule has 3 rings (SSSR count). The molecule has 2 amide bonds. The summed E-state index contributed by atoms with van der Waals surface area (Å²) < 4.78 is 0. The fraction of sp³-hybridized carbons (Fsp3) is 0.276. The predicted octanol–water partition coefficient (Wildman–Crippen LogP) is 6.24. The zero-order chi connectivity index (χ0) is 26.6. The molecule has 2 N–H and O–H groups in total. The van der Waals surface area contributed by atoms with Gasteiger partial charge in [0.2, 0.25) is 0 Å². The number of aryl methyl sites for hydroxylation is 1. The summed E-state index contributed by atoms with van der Waals surface area (Å²) in [6.07, 6.45) is 1.56. The summed E-state index contributed by atoms with van der Waals surface area (Å²) in [5.41, 5.74) is 6.70. The Kier molecular flexibility index (Phi) is 11.2. The highest BCUT2D eigenvalue weighted by Gasteiger charge is 2.15. The van der Waals surface area contributed by atoms with Gasteiger partial charge < -0.3 is 10.2 Å². The van der Waals surface area contributed by atoms with Crippen molar-refractivity contribution in [2.75, 3.05) is 30.7 Å². The van der Waals surface area contributed by atoms with Gasteiger partial charge in [-0.25, -0.2) is 5.43 Å². The highest BCUT2D eigenvalue weighted by atomic mass is 35.5. The fourth-order valence-corrected chi connectivity index (χ4v) is 4.73. The number of benzene rings is 3. The van der Waals surface area contributed by atoms with Gasteiger partial charge >= 0.3 is 0 Å². The molecule has 0 aromatic heterocycles. The number of nitrogens with one attached hydrogen (secondary N) is 2. The first-order chi connectivity index (χ1) is 17.9. The van der Waals surface area contributed by atoms with Crippen molar-refractivity contribution >= 4 is 47.1 Å². The van der Waals surface area contributed by atoms with Crippen LogP contribution in [0.2, 0.25) is 5.02 Å². The number of carbonyl (C=O) groups excluding carboxylic acids is 2. The molecule has 0 atom stereocenters. The normalized spacial score (nSPS) is 11.2. The van der Waals surface area contributed by atoms with E-state index in [2.05, 4.69) is 34.6 Å². The van der Waals surface area contributed by atoms with Gasteiger partial charge in [0.1, 0.15) is 0 Å². The minimum absolute atomic E-state index is 0.227. The average Bonchev–Trinajstić information content (AvgIpc) is 2.91. The first kappa shape index (κ1) is 28.4. The van der Waals surface area contributed by atoms with Crippen molar-refractivity contribution in [3.05, 3.63) is 99.6 Å². The number of hydrogen-bond acceptors (Lipinski definition) is 5. The van der Waals surface area contributed by atoms with Crippen molar-refractivity contribution < 1.29 is 9.59 Å². The van der Waals surface area contributed by atoms with E-state index in [0.29, 0.717) is 16.3 Å². The van der Waals surface area contributed by atoms with Crippen LogP contribution in [0.3, 0.4) is 0 Å². The summed E-state index contributed by atoms with van der Waals surface area (Å²) in [7, 11) is 0. The number of hydrazone groups is 1. The molecule has 0 bridgehead atoms. The van der Waals surface area contributed by atoms with E-state index in [9.17, 15) is 9.59 Å². The van der Waals surface area contributed by atoms with Crippen LogP contribution in [0.15, 0.2) is 71.8 Å². The number of rotatable bonds is 12. The van der Waals surface area contributed by atoms with Crippen LogP contribution in [0.1, 0.15) is 51.3 Å². The van der Waals surface area contributed by atoms with Crippen LogP contribution in [0.4, 0.5) is 5.69 Å². The van der Waals surface area contributed by atoms with E-state index in [4.69, 9.17) is 11.6 Å². The highest BCUT2D eigenvalue weighted by molar-refractivity contribution is 7.98. The largest absolute Gasteiger partial charge is 0.321 e. The molecule has 8 heteroatoms. The molecule has 6 nitrogen and oxygen atoms in total. The molecule has 0 saturated carbocycles. The van der Waals surface area contributed by atoms with Crippen LogP contribution >= 0.6 is 23.4 Å². The lowest BCUT2D eigenvalue weighted by Gasteiger charge is -2.17. The second-order valence-electron chi connectivity index (χ2n) is 8.53. The third-order valence-electron chi connectivity index (χ3n) is 5.84. The lowest BCUT2D eigenvalue weighted by molar-refractivity contribution is 0.0956. The van der Waals surface area contributed by atoms with Crippen molar-refractivity contribution in [2.45, 2.75) is 26.5 Å². The number of thioether (sulfide) groups is 1. The van der Waals surface area contributed by atoms with Gasteiger partial charge in [0.05, 0.1) is 17.5 Å². The maximum Gasteiger partial charge on any atom is 0.273 e. The smallest absolute Gasteiger partial charge is 0.273 e. The number of anilines is 1. The predicted molar refractivity (Wildman–Crippen MR) is 156 cm³/mol. The van der Waals surface area contributed by atoms with Gasteiger partial charge in [-0.15, -0.1) is 0 Å². The van der Waals surface area contributed by atoms with E-state index in [1.165, 1.54) is 6.07 Å². The van der Waals surface area contributed by atoms with Gasteiger partial charge in [0.25, 0.3) is 11.8 Å². The number of carbonyl (C=O) groups is 2. The second-order valence-corrected chi connectivity index (χ2v) is 10.1. The Morgan fingerprint density at radius 1 is 1.00 bits per heavy atom. The molecule has 0 fully saturated rings. The standard InChI is InChI=1S/C29H33ClN4O2S/c1-4-34(5-2)15-16-37-20-23-7-6-8-24(17-23)28(35)32-27-14-13-25(30)18-26(27)29(36)33-31-19-22-11-9-21(3)10-12-22/h6-14,17-19H,4-5,15-16,20H2,1-3H3,(H,32,35)(H,33,36). The Morgan fingerprint density at radius 3 is 2.49 bits per heavy atom. The van der Waals surface area contributed by atoms with Crippen molar-refractivity contribution in [2.24, 2.45) is 5.10 Å². The Morgan fingerprint density at radius 2 is 1.76 bits per heavy atom. The average molecular weight is 537 g/mol. The molecular formula is C29H33ClN4O2S. The Hall–Kier alpha value is -3.13. The van der Waals surface area contributed by atoms with Gasteiger partial charge in [-0.3, -0.25) is 9.59 Å². The van der Waals surface area contributed by atoms with E-state index < -0.39 is 5.91 Å². The summed E-state index contributed by atoms with van der Waals surface area (Å²) in [6, 6.07) is 20.1. The zero-order valence-electron chi connectivity index (χ0n) is 21.5. The van der Waals surface area contributed by atoms with Gasteiger partial charge in [-0.2, -0.15) is 16.9 Å². The number of nitrogens with zero attached hydrogens (tertiary/aromatic N) is 2. The number of hydrogen-bond donors (Lipinski definition) is 2. The van der Waals surface area contributed by atoms with Crippen LogP contribution < -0.4 is 10.7 Å². The van der Waals surface area contributed by atoms with Crippen LogP contribution in [0.25, 0.3) is 0 Å². The summed E-state index contributed by atoms with van der Waals surface area (Å²) in [5.74, 6) is 1.10. The van der Waals surface area contributed by atoms with Crippen molar-refractivity contribution in [3.63, 3.8) is 0 Å². The minimum atomic E-state index is -0.473. The van der Waals surface area contributed by atoms with E-state index in [0.717, 1.165) is 47.8 Å². The molecule has 0 aliphatic rings. The van der Waals surface area contributed by atoms with Crippen LogP contribution in [0.5, 0.6) is 0 Å². The SMILES string of the molecule is CCN(CC)CCSCc1cccc(C(=O)Nc2ccc(Cl)cc2C(=O)NN=Cc2ccc(C)cc2)c1. The maximum atomic E-state index is 13.0. The molecule has 0 aliphatic heterocycles. The molecule has 0 aliphatic carbocycles. The summed E-state index contributed by atoms with van der Waals surface area (Å²) in [5, 5.41) is 7.27. The van der Waals surface area contributed by atoms with E-state index in [1.807, 2.05) is 61.2 Å². The molecule has 194 valence electrons. The van der Waals surface area contributed by atoms with Crippen LogP contribution in [-0.2, 0) is 5.75 Å². The molecule has 0 saturated heterocycles. The number of halogens is 1. The molecule has 0 spiro atoms. The van der Waals surface area contributed by atoms with Crippen molar-refractivity contribution in [1.29, 1.82) is 0 Å². The Balaban J connectivity index is 1.63. The highest BCUT2D eigenvalue weighted by Crippen LogP contribution is 2.22. The summed E-state index contributed by atoms with van der Waals surface area (Å²) in [4.78, 5) is 28.3. The first-order valence-electron chi connectivity index (χ1n) is 12.3. The lowest BCUT2D eigenvalue weighted by atomic mass is 10.1. The number of amides is 2. The second kappa shape index (κ2) is 14.6. The van der Waals surface area contributed by atoms with Gasteiger partial charge in [-0.1, -0.05) is 67.4 Å². The van der Waals surface area contributed by atoms with Crippen LogP contribution in [0, 0.1) is 6.92 Å². The maximum absolute atomic E-state index is 13.0. The van der Waals surface area contributed by atoms with Crippen LogP contribution in [-0.4, -0.2) is 48.3 Å². The minimum Gasteiger partial charge on any atom is -0.321 e. The first-order valence-corrected chi connectivity index (χ1v) is 13.8. The monoisotopic (exact) mass is 536 g/mol. The Bertz CT molecular complexity index is 1230. The summed E-state index contributed by atoms with van der Waals surface area (Å²) in [6.45, 7) is 9.50. The van der Waals surface area contributed by atoms with Gasteiger partial charge in [0, 0.05) is 28.6 Å².